The van der Waals surface area contributed by atoms with Crippen LogP contribution in [0.4, 0.5) is 0 Å². The molecule has 0 radical (unpaired) electrons. The van der Waals surface area contributed by atoms with Crippen LogP contribution in [0.25, 0.3) is 22.3 Å². The van der Waals surface area contributed by atoms with E-state index in [1.165, 1.54) is 10.9 Å². The van der Waals surface area contributed by atoms with Crippen molar-refractivity contribution in [2.45, 2.75) is 51.2 Å². The first-order chi connectivity index (χ1) is 22.9. The molecule has 1 N–H and O–H groups in total. The van der Waals surface area contributed by atoms with Crippen LogP contribution in [0.5, 0.6) is 11.5 Å². The highest BCUT2D eigenvalue weighted by atomic mass is 16.5. The Bertz CT molecular complexity index is 1820. The van der Waals surface area contributed by atoms with Crippen molar-refractivity contribution in [2.75, 3.05) is 39.9 Å². The Balaban J connectivity index is 1.25. The Labute approximate surface area is 272 Å². The first kappa shape index (κ1) is 31.8. The van der Waals surface area contributed by atoms with Crippen LogP contribution in [-0.2, 0) is 27.5 Å². The first-order valence-electron chi connectivity index (χ1n) is 16.0. The normalized spacial score (nSPS) is 17.8. The number of fused-ring (bicyclic) bond motifs is 5. The summed E-state index contributed by atoms with van der Waals surface area (Å²) in [6, 6.07) is 12.2. The fourth-order valence-electron chi connectivity index (χ4n) is 6.13. The molecule has 0 saturated carbocycles. The number of carbonyl (C=O) groups excluding carboxylic acids is 3. The number of hydrogen-bond acceptors (Lipinski definition) is 8. The monoisotopic (exact) mass is 641 g/mol. The first-order valence-corrected chi connectivity index (χ1v) is 16.0. The Morgan fingerprint density at radius 1 is 0.979 bits per heavy atom. The summed E-state index contributed by atoms with van der Waals surface area (Å²) in [5.41, 5.74) is 1.14. The third-order valence-electron chi connectivity index (χ3n) is 8.68. The average molecular weight is 642 g/mol. The number of nitrogens with zero attached hydrogens (tertiary/aromatic N) is 6. The van der Waals surface area contributed by atoms with Gasteiger partial charge in [0.2, 0.25) is 17.7 Å². The molecular weight excluding hydrogens is 602 g/mol. The number of hydrogen-bond donors (Lipinski definition) is 1. The predicted octanol–water partition coefficient (Wildman–Crippen LogP) is 2.47. The van der Waals surface area contributed by atoms with Crippen molar-refractivity contribution in [1.29, 1.82) is 0 Å². The van der Waals surface area contributed by atoms with E-state index in [-0.39, 0.29) is 29.8 Å². The summed E-state index contributed by atoms with van der Waals surface area (Å²) in [7, 11) is 1.59. The number of carbonyl (C=O) groups is 3. The molecule has 47 heavy (non-hydrogen) atoms. The molecule has 1 unspecified atom stereocenters. The Morgan fingerprint density at radius 2 is 1.79 bits per heavy atom. The molecule has 246 valence electrons. The van der Waals surface area contributed by atoms with E-state index in [1.54, 1.807) is 41.3 Å². The lowest BCUT2D eigenvalue weighted by atomic mass is 10.1. The Hall–Kier alpha value is -5.20. The third kappa shape index (κ3) is 7.29. The van der Waals surface area contributed by atoms with Crippen molar-refractivity contribution < 1.29 is 23.9 Å². The molecule has 13 nitrogen and oxygen atoms in total. The van der Waals surface area contributed by atoms with Gasteiger partial charge in [0.1, 0.15) is 18.4 Å². The van der Waals surface area contributed by atoms with Gasteiger partial charge >= 0.3 is 0 Å². The molecule has 0 spiro atoms. The maximum absolute atomic E-state index is 13.8. The number of rotatable bonds is 4. The largest absolute Gasteiger partial charge is 0.493 e. The number of benzene rings is 2. The van der Waals surface area contributed by atoms with Gasteiger partial charge in [0, 0.05) is 57.1 Å². The van der Waals surface area contributed by atoms with Crippen LogP contribution in [0.2, 0.25) is 0 Å². The second kappa shape index (κ2) is 14.5. The van der Waals surface area contributed by atoms with Crippen LogP contribution in [-0.4, -0.2) is 92.6 Å². The molecule has 2 aliphatic rings. The van der Waals surface area contributed by atoms with Gasteiger partial charge in [0.25, 0.3) is 5.56 Å². The molecule has 2 bridgehead atoms. The third-order valence-corrected chi connectivity index (χ3v) is 8.68. The molecule has 4 aromatic rings. The smallest absolute Gasteiger partial charge is 0.261 e. The van der Waals surface area contributed by atoms with Gasteiger partial charge in [-0.15, -0.1) is 0 Å². The molecule has 1 fully saturated rings. The number of nitrogens with one attached hydrogen (secondary N) is 1. The van der Waals surface area contributed by atoms with Crippen LogP contribution in [0, 0.1) is 0 Å². The van der Waals surface area contributed by atoms with Gasteiger partial charge in [-0.2, -0.15) is 0 Å². The molecule has 1 saturated heterocycles. The Morgan fingerprint density at radius 3 is 2.60 bits per heavy atom. The van der Waals surface area contributed by atoms with Gasteiger partial charge in [0.05, 0.1) is 30.9 Å². The lowest BCUT2D eigenvalue weighted by Crippen LogP contribution is -2.45. The van der Waals surface area contributed by atoms with E-state index >= 15 is 0 Å². The van der Waals surface area contributed by atoms with E-state index in [9.17, 15) is 19.2 Å². The summed E-state index contributed by atoms with van der Waals surface area (Å²) in [4.78, 5) is 64.7. The van der Waals surface area contributed by atoms with Crippen LogP contribution >= 0.6 is 0 Å². The SMILES string of the molecule is COc1ccc2cc1OCCCN(C(=O)C1CCC(=O)N1)CCCCN(C(=O)Cn1cnc3ccccc3c1=O)CCn1ccnc1-2. The van der Waals surface area contributed by atoms with Crippen LogP contribution in [0.1, 0.15) is 32.1 Å². The van der Waals surface area contributed by atoms with E-state index < -0.39 is 6.04 Å². The highest BCUT2D eigenvalue weighted by Crippen LogP contribution is 2.32. The lowest BCUT2D eigenvalue weighted by Gasteiger charge is -2.27. The van der Waals surface area contributed by atoms with Crippen LogP contribution < -0.4 is 20.3 Å². The number of aromatic nitrogens is 4. The topological polar surface area (TPSA) is 141 Å². The van der Waals surface area contributed by atoms with Gasteiger partial charge < -0.3 is 29.2 Å². The van der Waals surface area contributed by atoms with Gasteiger partial charge in [-0.05, 0) is 56.0 Å². The quantitative estimate of drug-likeness (QED) is 0.359. The van der Waals surface area contributed by atoms with E-state index in [2.05, 4.69) is 15.3 Å². The molecule has 2 aromatic heterocycles. The zero-order valence-corrected chi connectivity index (χ0v) is 26.5. The van der Waals surface area contributed by atoms with Crippen molar-refractivity contribution in [3.05, 3.63) is 71.5 Å². The van der Waals surface area contributed by atoms with E-state index in [1.807, 2.05) is 35.0 Å². The van der Waals surface area contributed by atoms with Crippen LogP contribution in [0.3, 0.4) is 0 Å². The molecule has 6 rings (SSSR count). The average Bonchev–Trinajstić information content (AvgIpc) is 3.75. The lowest BCUT2D eigenvalue weighted by molar-refractivity contribution is -0.135. The van der Waals surface area contributed by atoms with Gasteiger partial charge in [0.15, 0.2) is 11.5 Å². The molecule has 13 heteroatoms. The highest BCUT2D eigenvalue weighted by Gasteiger charge is 2.30. The number of imidazole rings is 1. The summed E-state index contributed by atoms with van der Waals surface area (Å²) in [5.74, 6) is 1.46. The Kier molecular flexibility index (Phi) is 9.79. The number of amides is 3. The predicted molar refractivity (Wildman–Crippen MR) is 174 cm³/mol. The number of ether oxygens (including phenoxy) is 2. The van der Waals surface area contributed by atoms with Gasteiger partial charge in [-0.25, -0.2) is 9.97 Å². The molecule has 3 amide bonds. The zero-order chi connectivity index (χ0) is 32.8. The summed E-state index contributed by atoms with van der Waals surface area (Å²) < 4.78 is 15.0. The highest BCUT2D eigenvalue weighted by molar-refractivity contribution is 5.90. The van der Waals surface area contributed by atoms with Crippen molar-refractivity contribution in [2.24, 2.45) is 0 Å². The minimum absolute atomic E-state index is 0.102. The summed E-state index contributed by atoms with van der Waals surface area (Å²) in [6.07, 6.45) is 7.71. The minimum atomic E-state index is -0.524. The molecule has 4 heterocycles. The minimum Gasteiger partial charge on any atom is -0.493 e. The van der Waals surface area contributed by atoms with Crippen molar-refractivity contribution in [3.8, 4) is 22.9 Å². The molecule has 0 aliphatic carbocycles. The number of para-hydroxylation sites is 1. The molecule has 2 aromatic carbocycles. The van der Waals surface area contributed by atoms with Gasteiger partial charge in [-0.1, -0.05) is 12.1 Å². The molecular formula is C34H39N7O6. The fraction of sp³-hybridized carbons (Fsp3) is 0.412. The van der Waals surface area contributed by atoms with Gasteiger partial charge in [-0.3, -0.25) is 23.7 Å². The van der Waals surface area contributed by atoms with Crippen molar-refractivity contribution in [1.82, 2.24) is 34.2 Å². The zero-order valence-electron chi connectivity index (χ0n) is 26.5. The van der Waals surface area contributed by atoms with Crippen LogP contribution in [0.15, 0.2) is 66.0 Å². The fourth-order valence-corrected chi connectivity index (χ4v) is 6.13. The summed E-state index contributed by atoms with van der Waals surface area (Å²) in [6.45, 7) is 2.45. The maximum Gasteiger partial charge on any atom is 0.261 e. The number of methoxy groups -OCH3 is 1. The summed E-state index contributed by atoms with van der Waals surface area (Å²) >= 11 is 0. The second-order valence-electron chi connectivity index (χ2n) is 11.8. The molecule has 1 atom stereocenters. The second-order valence-corrected chi connectivity index (χ2v) is 11.8. The van der Waals surface area contributed by atoms with E-state index in [0.29, 0.717) is 93.8 Å². The molecule has 2 aliphatic heterocycles. The maximum atomic E-state index is 13.8. The van der Waals surface area contributed by atoms with Crippen molar-refractivity contribution in [3.63, 3.8) is 0 Å². The standard InChI is InChI=1S/C34H39N7O6/c1-46-28-11-9-24-21-29(28)47-20-6-16-40(34(45)27-10-12-30(42)37-27)15-5-4-14-38(18-19-39-17-13-35-32(24)39)31(43)22-41-23-36-26-8-3-2-7-25(26)33(41)44/h2-3,7-9,11,13,17,21,23,27H,4-6,10,12,14-16,18-20,22H2,1H3,(H,37,42). The van der Waals surface area contributed by atoms with Crippen molar-refractivity contribution >= 4 is 28.6 Å². The summed E-state index contributed by atoms with van der Waals surface area (Å²) in [5, 5.41) is 3.25. The van der Waals surface area contributed by atoms with E-state index in [4.69, 9.17) is 9.47 Å². The van der Waals surface area contributed by atoms with E-state index in [0.717, 1.165) is 11.4 Å².